The Balaban J connectivity index is 2.17. The average Bonchev–Trinajstić information content (AvgIpc) is 2.76. The molecular formula is C14H17NO4S. The fraction of sp³-hybridized carbons (Fsp3) is 0.357. The van der Waals surface area contributed by atoms with Crippen LogP contribution >= 0.6 is 0 Å². The number of nitrogens with one attached hydrogen (secondary N) is 1. The van der Waals surface area contributed by atoms with Crippen molar-refractivity contribution in [3.05, 3.63) is 41.5 Å². The SMILES string of the molecule is Cc1ccc(S(=O)(=O)NC2C=CC(C(=O)O)C2)c(C)c1. The molecule has 2 N–H and O–H groups in total. The Labute approximate surface area is 118 Å². The van der Waals surface area contributed by atoms with Crippen LogP contribution < -0.4 is 4.72 Å². The van der Waals surface area contributed by atoms with Crippen molar-refractivity contribution in [1.29, 1.82) is 0 Å². The summed E-state index contributed by atoms with van der Waals surface area (Å²) in [6.07, 6.45) is 3.37. The molecule has 108 valence electrons. The second-order valence-electron chi connectivity index (χ2n) is 5.06. The van der Waals surface area contributed by atoms with Gasteiger partial charge in [0, 0.05) is 6.04 Å². The molecule has 2 atom stereocenters. The summed E-state index contributed by atoms with van der Waals surface area (Å²) in [5.41, 5.74) is 1.67. The molecule has 1 aromatic rings. The van der Waals surface area contributed by atoms with Crippen LogP contribution in [0.2, 0.25) is 0 Å². The fourth-order valence-corrected chi connectivity index (χ4v) is 3.76. The van der Waals surface area contributed by atoms with Gasteiger partial charge < -0.3 is 5.11 Å². The molecule has 1 aliphatic carbocycles. The molecule has 0 fully saturated rings. The number of carbonyl (C=O) groups is 1. The highest BCUT2D eigenvalue weighted by Gasteiger charge is 2.28. The second kappa shape index (κ2) is 5.38. The van der Waals surface area contributed by atoms with Gasteiger partial charge in [-0.25, -0.2) is 13.1 Å². The van der Waals surface area contributed by atoms with E-state index in [4.69, 9.17) is 5.11 Å². The number of hydrogen-bond acceptors (Lipinski definition) is 3. The first-order chi connectivity index (χ1) is 9.29. The highest BCUT2D eigenvalue weighted by Crippen LogP contribution is 2.22. The molecule has 2 unspecified atom stereocenters. The van der Waals surface area contributed by atoms with Crippen molar-refractivity contribution in [2.24, 2.45) is 5.92 Å². The van der Waals surface area contributed by atoms with Gasteiger partial charge in [0.1, 0.15) is 0 Å². The topological polar surface area (TPSA) is 83.5 Å². The third kappa shape index (κ3) is 3.08. The maximum Gasteiger partial charge on any atom is 0.310 e. The van der Waals surface area contributed by atoms with Gasteiger partial charge in [-0.1, -0.05) is 29.8 Å². The van der Waals surface area contributed by atoms with Crippen molar-refractivity contribution in [2.45, 2.75) is 31.2 Å². The average molecular weight is 295 g/mol. The largest absolute Gasteiger partial charge is 0.481 e. The minimum Gasteiger partial charge on any atom is -0.481 e. The first-order valence-corrected chi connectivity index (χ1v) is 7.78. The summed E-state index contributed by atoms with van der Waals surface area (Å²) < 4.78 is 27.1. The smallest absolute Gasteiger partial charge is 0.310 e. The van der Waals surface area contributed by atoms with Crippen LogP contribution in [0.25, 0.3) is 0 Å². The number of carboxylic acid groups (broad SMARTS) is 1. The van der Waals surface area contributed by atoms with E-state index in [1.807, 2.05) is 6.92 Å². The molecule has 0 heterocycles. The van der Waals surface area contributed by atoms with Gasteiger partial charge >= 0.3 is 5.97 Å². The first kappa shape index (κ1) is 14.7. The molecule has 6 heteroatoms. The van der Waals surface area contributed by atoms with E-state index in [2.05, 4.69) is 4.72 Å². The Kier molecular flexibility index (Phi) is 3.96. The second-order valence-corrected chi connectivity index (χ2v) is 6.74. The molecule has 5 nitrogen and oxygen atoms in total. The quantitative estimate of drug-likeness (QED) is 0.827. The number of aryl methyl sites for hydroxylation is 2. The third-order valence-electron chi connectivity index (χ3n) is 3.33. The van der Waals surface area contributed by atoms with Crippen molar-refractivity contribution in [3.8, 4) is 0 Å². The van der Waals surface area contributed by atoms with Crippen LogP contribution in [-0.4, -0.2) is 25.5 Å². The number of sulfonamides is 1. The van der Waals surface area contributed by atoms with E-state index < -0.39 is 28.0 Å². The monoisotopic (exact) mass is 295 g/mol. The van der Waals surface area contributed by atoms with Crippen LogP contribution in [0.15, 0.2) is 35.2 Å². The molecule has 0 aromatic heterocycles. The molecule has 0 saturated carbocycles. The summed E-state index contributed by atoms with van der Waals surface area (Å²) in [5.74, 6) is -1.56. The minimum atomic E-state index is -3.63. The van der Waals surface area contributed by atoms with Gasteiger partial charge in [-0.2, -0.15) is 0 Å². The lowest BCUT2D eigenvalue weighted by Crippen LogP contribution is -2.33. The molecule has 0 bridgehead atoms. The summed E-state index contributed by atoms with van der Waals surface area (Å²) >= 11 is 0. The van der Waals surface area contributed by atoms with Crippen molar-refractivity contribution in [2.75, 3.05) is 0 Å². The summed E-state index contributed by atoms with van der Waals surface area (Å²) in [5, 5.41) is 8.89. The van der Waals surface area contributed by atoms with E-state index in [-0.39, 0.29) is 11.3 Å². The van der Waals surface area contributed by atoms with Gasteiger partial charge in [0.05, 0.1) is 10.8 Å². The van der Waals surface area contributed by atoms with Gasteiger partial charge in [0.25, 0.3) is 0 Å². The van der Waals surface area contributed by atoms with E-state index in [1.165, 1.54) is 6.08 Å². The summed E-state index contributed by atoms with van der Waals surface area (Å²) in [6, 6.07) is 4.65. The molecule has 20 heavy (non-hydrogen) atoms. The normalized spacial score (nSPS) is 22.1. The number of benzene rings is 1. The maximum absolute atomic E-state index is 12.3. The predicted molar refractivity (Wildman–Crippen MR) is 74.9 cm³/mol. The van der Waals surface area contributed by atoms with Gasteiger partial charge in [-0.15, -0.1) is 0 Å². The lowest BCUT2D eigenvalue weighted by atomic mass is 10.1. The van der Waals surface area contributed by atoms with E-state index in [0.717, 1.165) is 5.56 Å². The zero-order valence-electron chi connectivity index (χ0n) is 11.3. The van der Waals surface area contributed by atoms with Crippen LogP contribution in [0.4, 0.5) is 0 Å². The number of aliphatic carboxylic acids is 1. The Morgan fingerprint density at radius 1 is 1.30 bits per heavy atom. The Hall–Kier alpha value is -1.66. The molecular weight excluding hydrogens is 278 g/mol. The van der Waals surface area contributed by atoms with Crippen molar-refractivity contribution < 1.29 is 18.3 Å². The highest BCUT2D eigenvalue weighted by atomic mass is 32.2. The molecule has 0 amide bonds. The van der Waals surface area contributed by atoms with Crippen molar-refractivity contribution >= 4 is 16.0 Å². The Morgan fingerprint density at radius 2 is 2.00 bits per heavy atom. The van der Waals surface area contributed by atoms with E-state index in [0.29, 0.717) is 5.56 Å². The zero-order chi connectivity index (χ0) is 14.9. The van der Waals surface area contributed by atoms with Gasteiger partial charge in [-0.3, -0.25) is 4.79 Å². The van der Waals surface area contributed by atoms with Crippen molar-refractivity contribution in [3.63, 3.8) is 0 Å². The van der Waals surface area contributed by atoms with Crippen LogP contribution in [0, 0.1) is 19.8 Å². The van der Waals surface area contributed by atoms with Gasteiger partial charge in [-0.05, 0) is 31.9 Å². The summed E-state index contributed by atoms with van der Waals surface area (Å²) in [7, 11) is -3.63. The first-order valence-electron chi connectivity index (χ1n) is 6.30. The standard InChI is InChI=1S/C14H17NO4S/c1-9-3-6-13(10(2)7-9)20(18,19)15-12-5-4-11(8-12)14(16)17/h3-7,11-12,15H,8H2,1-2H3,(H,16,17). The molecule has 0 radical (unpaired) electrons. The van der Waals surface area contributed by atoms with Crippen LogP contribution in [0.3, 0.4) is 0 Å². The van der Waals surface area contributed by atoms with Crippen LogP contribution in [0.1, 0.15) is 17.5 Å². The fourth-order valence-electron chi connectivity index (χ4n) is 2.33. The minimum absolute atomic E-state index is 0.232. The number of rotatable bonds is 4. The molecule has 0 saturated heterocycles. The van der Waals surface area contributed by atoms with Gasteiger partial charge in [0.15, 0.2) is 0 Å². The predicted octanol–water partition coefficient (Wildman–Crippen LogP) is 1.61. The molecule has 0 spiro atoms. The Morgan fingerprint density at radius 3 is 2.55 bits per heavy atom. The van der Waals surface area contributed by atoms with E-state index in [1.54, 1.807) is 31.2 Å². The summed E-state index contributed by atoms with van der Waals surface area (Å²) in [4.78, 5) is 11.1. The molecule has 2 rings (SSSR count). The highest BCUT2D eigenvalue weighted by molar-refractivity contribution is 7.89. The molecule has 1 aromatic carbocycles. The zero-order valence-corrected chi connectivity index (χ0v) is 12.1. The maximum atomic E-state index is 12.3. The lowest BCUT2D eigenvalue weighted by Gasteiger charge is -2.14. The Bertz CT molecular complexity index is 664. The van der Waals surface area contributed by atoms with Crippen molar-refractivity contribution in [1.82, 2.24) is 4.72 Å². The van der Waals surface area contributed by atoms with Gasteiger partial charge in [0.2, 0.25) is 10.0 Å². The lowest BCUT2D eigenvalue weighted by molar-refractivity contribution is -0.140. The van der Waals surface area contributed by atoms with E-state index >= 15 is 0 Å². The molecule has 1 aliphatic rings. The van der Waals surface area contributed by atoms with Crippen LogP contribution in [-0.2, 0) is 14.8 Å². The molecule has 0 aliphatic heterocycles. The van der Waals surface area contributed by atoms with Crippen LogP contribution in [0.5, 0.6) is 0 Å². The number of hydrogen-bond donors (Lipinski definition) is 2. The summed E-state index contributed by atoms with van der Waals surface area (Å²) in [6.45, 7) is 3.64. The third-order valence-corrected chi connectivity index (χ3v) is 4.98. The van der Waals surface area contributed by atoms with E-state index in [9.17, 15) is 13.2 Å². The number of carboxylic acids is 1.